The van der Waals surface area contributed by atoms with E-state index >= 15 is 0 Å². The molecule has 2 aliphatic carbocycles. The fraction of sp³-hybridized carbons (Fsp3) is 0.0175. The van der Waals surface area contributed by atoms with Crippen molar-refractivity contribution in [3.05, 3.63) is 235 Å². The minimum Gasteiger partial charge on any atom is -0.310 e. The Bertz CT molecular complexity index is 3420. The number of hydrogen-bond acceptors (Lipinski definition) is 3. The van der Waals surface area contributed by atoms with Gasteiger partial charge in [0.15, 0.2) is 0 Å². The van der Waals surface area contributed by atoms with Gasteiger partial charge in [0.05, 0.1) is 14.8 Å². The van der Waals surface area contributed by atoms with Crippen LogP contribution in [-0.2, 0) is 5.41 Å². The lowest BCUT2D eigenvalue weighted by atomic mass is 9.70. The van der Waals surface area contributed by atoms with Gasteiger partial charge in [-0.15, -0.1) is 22.7 Å². The molecule has 2 aliphatic rings. The van der Waals surface area contributed by atoms with Crippen LogP contribution in [0.15, 0.2) is 212 Å². The van der Waals surface area contributed by atoms with E-state index in [1.807, 2.05) is 22.7 Å². The van der Waals surface area contributed by atoms with Gasteiger partial charge in [-0.05, 0) is 109 Å². The Morgan fingerprint density at radius 2 is 0.783 bits per heavy atom. The first-order chi connectivity index (χ1) is 29.8. The lowest BCUT2D eigenvalue weighted by molar-refractivity contribution is 0.793. The molecule has 0 aliphatic heterocycles. The van der Waals surface area contributed by atoms with E-state index in [1.54, 1.807) is 0 Å². The summed E-state index contributed by atoms with van der Waals surface area (Å²) in [5.74, 6) is 0. The van der Waals surface area contributed by atoms with Gasteiger partial charge >= 0.3 is 0 Å². The van der Waals surface area contributed by atoms with E-state index in [0.29, 0.717) is 0 Å². The molecule has 0 fully saturated rings. The smallest absolute Gasteiger partial charge is 0.0726 e. The van der Waals surface area contributed by atoms with Gasteiger partial charge in [-0.2, -0.15) is 0 Å². The van der Waals surface area contributed by atoms with Crippen molar-refractivity contribution in [2.75, 3.05) is 4.90 Å². The minimum absolute atomic E-state index is 0.416. The van der Waals surface area contributed by atoms with Crippen LogP contribution in [0.1, 0.15) is 22.3 Å². The third kappa shape index (κ3) is 4.73. The fourth-order valence-electron chi connectivity index (χ4n) is 10.3. The van der Waals surface area contributed by atoms with E-state index in [-0.39, 0.29) is 0 Å². The summed E-state index contributed by atoms with van der Waals surface area (Å²) >= 11 is 3.84. The first kappa shape index (κ1) is 33.9. The Kier molecular flexibility index (Phi) is 7.33. The number of nitrogens with zero attached hydrogens (tertiary/aromatic N) is 1. The number of benzene rings is 9. The van der Waals surface area contributed by atoms with Crippen LogP contribution < -0.4 is 4.90 Å². The zero-order chi connectivity index (χ0) is 39.4. The van der Waals surface area contributed by atoms with Crippen molar-refractivity contribution in [1.29, 1.82) is 0 Å². The molecule has 0 amide bonds. The van der Waals surface area contributed by atoms with Gasteiger partial charge in [0.25, 0.3) is 0 Å². The van der Waals surface area contributed by atoms with Crippen molar-refractivity contribution in [2.24, 2.45) is 0 Å². The summed E-state index contributed by atoms with van der Waals surface area (Å²) in [5.41, 5.74) is 18.5. The van der Waals surface area contributed by atoms with E-state index in [4.69, 9.17) is 0 Å². The van der Waals surface area contributed by atoms with Crippen molar-refractivity contribution in [3.63, 3.8) is 0 Å². The van der Waals surface area contributed by atoms with Gasteiger partial charge in [0.2, 0.25) is 0 Å². The van der Waals surface area contributed by atoms with Crippen LogP contribution in [0.3, 0.4) is 0 Å². The highest BCUT2D eigenvalue weighted by Crippen LogP contribution is 2.63. The van der Waals surface area contributed by atoms with E-state index in [0.717, 1.165) is 17.1 Å². The van der Waals surface area contributed by atoms with Crippen LogP contribution in [0.25, 0.3) is 74.1 Å². The molecule has 0 saturated heterocycles. The van der Waals surface area contributed by atoms with Crippen molar-refractivity contribution < 1.29 is 0 Å². The number of fused-ring (bicyclic) bond motifs is 15. The second kappa shape index (κ2) is 13.0. The molecular formula is C57H35NS2. The van der Waals surface area contributed by atoms with Crippen LogP contribution >= 0.6 is 22.7 Å². The summed E-state index contributed by atoms with van der Waals surface area (Å²) in [4.78, 5) is 2.44. The van der Waals surface area contributed by atoms with Crippen molar-refractivity contribution >= 4 is 69.3 Å². The summed E-state index contributed by atoms with van der Waals surface area (Å²) < 4.78 is 5.49. The Balaban J connectivity index is 0.989. The number of thiophene rings is 2. The third-order valence-corrected chi connectivity index (χ3v) is 15.5. The fourth-order valence-corrected chi connectivity index (χ4v) is 13.1. The predicted octanol–water partition coefficient (Wildman–Crippen LogP) is 16.4. The average molecular weight is 798 g/mol. The highest BCUT2D eigenvalue weighted by atomic mass is 32.1. The first-order valence-electron chi connectivity index (χ1n) is 20.6. The molecule has 0 saturated carbocycles. The normalized spacial score (nSPS) is 13.1. The van der Waals surface area contributed by atoms with Gasteiger partial charge in [0.1, 0.15) is 0 Å². The topological polar surface area (TPSA) is 3.24 Å². The number of rotatable bonds is 5. The third-order valence-electron chi connectivity index (χ3n) is 12.9. The maximum Gasteiger partial charge on any atom is 0.0726 e. The molecule has 0 bridgehead atoms. The van der Waals surface area contributed by atoms with Gasteiger partial charge in [-0.25, -0.2) is 0 Å². The molecule has 3 heteroatoms. The molecule has 280 valence electrons. The summed E-state index contributed by atoms with van der Waals surface area (Å²) in [7, 11) is 0. The van der Waals surface area contributed by atoms with Crippen molar-refractivity contribution in [1.82, 2.24) is 0 Å². The Labute approximate surface area is 356 Å². The second-order valence-electron chi connectivity index (χ2n) is 16.0. The summed E-state index contributed by atoms with van der Waals surface area (Å²) in [6.07, 6.45) is 0. The van der Waals surface area contributed by atoms with Crippen LogP contribution in [-0.4, -0.2) is 0 Å². The van der Waals surface area contributed by atoms with E-state index in [1.165, 1.54) is 96.3 Å². The maximum atomic E-state index is 2.48. The predicted molar refractivity (Wildman–Crippen MR) is 257 cm³/mol. The zero-order valence-electron chi connectivity index (χ0n) is 32.5. The molecule has 11 aromatic rings. The lowest BCUT2D eigenvalue weighted by Crippen LogP contribution is -2.26. The number of hydrogen-bond donors (Lipinski definition) is 0. The molecule has 0 atom stereocenters. The Morgan fingerprint density at radius 1 is 0.300 bits per heavy atom. The molecule has 1 spiro atoms. The molecule has 60 heavy (non-hydrogen) atoms. The average Bonchev–Trinajstić information content (AvgIpc) is 4.04. The Morgan fingerprint density at radius 3 is 1.45 bits per heavy atom. The maximum absolute atomic E-state index is 2.48. The van der Waals surface area contributed by atoms with Crippen molar-refractivity contribution in [3.8, 4) is 44.5 Å². The largest absolute Gasteiger partial charge is 0.310 e. The lowest BCUT2D eigenvalue weighted by Gasteiger charge is -2.32. The zero-order valence-corrected chi connectivity index (χ0v) is 34.1. The summed E-state index contributed by atoms with van der Waals surface area (Å²) in [5, 5.41) is 2.71. The second-order valence-corrected chi connectivity index (χ2v) is 18.0. The van der Waals surface area contributed by atoms with E-state index in [2.05, 4.69) is 217 Å². The van der Waals surface area contributed by atoms with Gasteiger partial charge in [-0.1, -0.05) is 170 Å². The van der Waals surface area contributed by atoms with E-state index < -0.39 is 5.41 Å². The highest BCUT2D eigenvalue weighted by molar-refractivity contribution is 7.36. The van der Waals surface area contributed by atoms with Crippen LogP contribution in [0.5, 0.6) is 0 Å². The Hall–Kier alpha value is -7.04. The highest BCUT2D eigenvalue weighted by Gasteiger charge is 2.51. The first-order valence-corrected chi connectivity index (χ1v) is 22.2. The summed E-state index contributed by atoms with van der Waals surface area (Å²) in [6, 6.07) is 78.9. The SMILES string of the molecule is c1ccc(-c2ccc(N(c3ccc(-c4cccc5c4sc4c6ccccc6sc54)cc3)c3ccc4c(c3)C3(c5ccccc5-c5ccccc53)c3ccccc3-4)cc2)cc1. The van der Waals surface area contributed by atoms with E-state index in [9.17, 15) is 0 Å². The van der Waals surface area contributed by atoms with Gasteiger partial charge < -0.3 is 4.90 Å². The standard InChI is InChI=1S/C57H35NS2/c1-2-13-36(14-3-1)37-25-29-39(30-26-37)58(40-31-27-38(28-32-40)42-19-12-20-48-54(42)60-55-47-18-7-11-24-53(47)59-56(48)55)41-33-34-46-45-17-6-10-23-51(45)57(52(46)35-41)49-21-8-4-15-43(49)44-16-5-9-22-50(44)57/h1-35H. The molecule has 9 aromatic carbocycles. The molecule has 0 radical (unpaired) electrons. The summed E-state index contributed by atoms with van der Waals surface area (Å²) in [6.45, 7) is 0. The van der Waals surface area contributed by atoms with Crippen molar-refractivity contribution in [2.45, 2.75) is 5.41 Å². The van der Waals surface area contributed by atoms with Gasteiger partial charge in [-0.3, -0.25) is 0 Å². The molecule has 0 N–H and O–H groups in total. The quantitative estimate of drug-likeness (QED) is 0.168. The number of anilines is 3. The molecule has 2 heterocycles. The van der Waals surface area contributed by atoms with Crippen LogP contribution in [0.2, 0.25) is 0 Å². The molecular weight excluding hydrogens is 763 g/mol. The monoisotopic (exact) mass is 797 g/mol. The minimum atomic E-state index is -0.416. The molecule has 2 aromatic heterocycles. The molecule has 0 unspecified atom stereocenters. The molecule has 13 rings (SSSR count). The molecule has 1 nitrogen and oxygen atoms in total. The van der Waals surface area contributed by atoms with Gasteiger partial charge in [0, 0.05) is 37.2 Å². The van der Waals surface area contributed by atoms with Crippen LogP contribution in [0, 0.1) is 0 Å². The van der Waals surface area contributed by atoms with Crippen LogP contribution in [0.4, 0.5) is 17.1 Å².